The number of hydrogen-bond acceptors (Lipinski definition) is 1. The Balaban J connectivity index is 1.26. The van der Waals surface area contributed by atoms with Gasteiger partial charge in [-0.3, -0.25) is 0 Å². The van der Waals surface area contributed by atoms with Crippen LogP contribution in [0.25, 0.3) is 28.0 Å². The molecular weight excluding hydrogens is 446 g/mol. The summed E-state index contributed by atoms with van der Waals surface area (Å²) < 4.78 is 0. The lowest BCUT2D eigenvalue weighted by Crippen LogP contribution is -2.20. The van der Waals surface area contributed by atoms with E-state index < -0.39 is 0 Å². The van der Waals surface area contributed by atoms with Gasteiger partial charge in [0.05, 0.1) is 0 Å². The van der Waals surface area contributed by atoms with Gasteiger partial charge in [0.1, 0.15) is 0 Å². The highest BCUT2D eigenvalue weighted by atomic mass is 15.2. The lowest BCUT2D eigenvalue weighted by molar-refractivity contribution is 0.660. The summed E-state index contributed by atoms with van der Waals surface area (Å²) in [7, 11) is 0. The largest absolute Gasteiger partial charge is 0.310 e. The van der Waals surface area contributed by atoms with Crippen LogP contribution in [0.5, 0.6) is 0 Å². The summed E-state index contributed by atoms with van der Waals surface area (Å²) in [5.74, 6) is 0. The molecule has 5 aromatic carbocycles. The summed E-state index contributed by atoms with van der Waals surface area (Å²) >= 11 is 0. The molecule has 0 fully saturated rings. The summed E-state index contributed by atoms with van der Waals surface area (Å²) in [5, 5.41) is 0. The Morgan fingerprint density at radius 2 is 1.22 bits per heavy atom. The standard InChI is InChI=1S/C36H29N/c1-36(2)32-14-8-7-13-30(32)31-22-20-28(24-33(31)36)25-16-18-27(19-17-25)35-23-21-26-10-6-9-15-34(26)37(35)29-11-4-3-5-12-29/h3-20,22-24H,21H2,1-2H3. The van der Waals surface area contributed by atoms with Gasteiger partial charge in [0, 0.05) is 22.5 Å². The van der Waals surface area contributed by atoms with Crippen molar-refractivity contribution >= 4 is 17.1 Å². The van der Waals surface area contributed by atoms with Crippen LogP contribution in [-0.4, -0.2) is 0 Å². The number of rotatable bonds is 3. The minimum atomic E-state index is 0.0123. The Morgan fingerprint density at radius 1 is 0.568 bits per heavy atom. The van der Waals surface area contributed by atoms with E-state index in [2.05, 4.69) is 146 Å². The molecule has 0 N–H and O–H groups in total. The molecule has 1 heterocycles. The van der Waals surface area contributed by atoms with Crippen LogP contribution in [-0.2, 0) is 11.8 Å². The molecule has 0 amide bonds. The molecule has 1 aliphatic heterocycles. The minimum Gasteiger partial charge on any atom is -0.310 e. The molecule has 0 radical (unpaired) electrons. The maximum Gasteiger partial charge on any atom is 0.0497 e. The van der Waals surface area contributed by atoms with E-state index in [1.54, 1.807) is 0 Å². The molecule has 178 valence electrons. The summed E-state index contributed by atoms with van der Waals surface area (Å²) in [5.41, 5.74) is 14.4. The zero-order valence-corrected chi connectivity index (χ0v) is 21.3. The van der Waals surface area contributed by atoms with Crippen LogP contribution in [0.3, 0.4) is 0 Å². The Bertz CT molecular complexity index is 1660. The van der Waals surface area contributed by atoms with Gasteiger partial charge in [0.2, 0.25) is 0 Å². The van der Waals surface area contributed by atoms with Gasteiger partial charge in [-0.05, 0) is 75.2 Å². The number of nitrogens with zero attached hydrogens (tertiary/aromatic N) is 1. The van der Waals surface area contributed by atoms with Gasteiger partial charge in [0.15, 0.2) is 0 Å². The molecular formula is C36H29N. The Morgan fingerprint density at radius 3 is 2.05 bits per heavy atom. The first-order valence-electron chi connectivity index (χ1n) is 13.1. The first-order chi connectivity index (χ1) is 18.1. The van der Waals surface area contributed by atoms with Crippen molar-refractivity contribution < 1.29 is 0 Å². The van der Waals surface area contributed by atoms with Gasteiger partial charge in [-0.1, -0.05) is 117 Å². The number of para-hydroxylation sites is 2. The fourth-order valence-electron chi connectivity index (χ4n) is 6.15. The van der Waals surface area contributed by atoms with E-state index in [1.165, 1.54) is 61.6 Å². The topological polar surface area (TPSA) is 3.24 Å². The average Bonchev–Trinajstić information content (AvgIpc) is 3.19. The molecule has 1 heteroatoms. The van der Waals surface area contributed by atoms with Crippen molar-refractivity contribution in [1.29, 1.82) is 0 Å². The first kappa shape index (κ1) is 21.9. The van der Waals surface area contributed by atoms with Crippen molar-refractivity contribution in [3.63, 3.8) is 0 Å². The van der Waals surface area contributed by atoms with Crippen molar-refractivity contribution in [3.8, 4) is 22.3 Å². The third-order valence-electron chi connectivity index (χ3n) is 8.10. The van der Waals surface area contributed by atoms with E-state index in [4.69, 9.17) is 0 Å². The average molecular weight is 476 g/mol. The maximum absolute atomic E-state index is 2.40. The van der Waals surface area contributed by atoms with Gasteiger partial charge in [-0.25, -0.2) is 0 Å². The van der Waals surface area contributed by atoms with E-state index in [-0.39, 0.29) is 5.41 Å². The van der Waals surface area contributed by atoms with Gasteiger partial charge in [0.25, 0.3) is 0 Å². The lowest BCUT2D eigenvalue weighted by atomic mass is 9.81. The van der Waals surface area contributed by atoms with Crippen LogP contribution in [0.2, 0.25) is 0 Å². The molecule has 0 unspecified atom stereocenters. The van der Waals surface area contributed by atoms with Crippen LogP contribution in [0.1, 0.15) is 36.1 Å². The fourth-order valence-corrected chi connectivity index (χ4v) is 6.15. The van der Waals surface area contributed by atoms with Gasteiger partial charge in [-0.15, -0.1) is 0 Å². The molecule has 7 rings (SSSR count). The fraction of sp³-hybridized carbons (Fsp3) is 0.111. The van der Waals surface area contributed by atoms with Crippen LogP contribution in [0.15, 0.2) is 127 Å². The third-order valence-corrected chi connectivity index (χ3v) is 8.10. The lowest BCUT2D eigenvalue weighted by Gasteiger charge is -2.33. The quantitative estimate of drug-likeness (QED) is 0.251. The molecule has 0 spiro atoms. The molecule has 5 aromatic rings. The third kappa shape index (κ3) is 3.46. The van der Waals surface area contributed by atoms with E-state index in [0.717, 1.165) is 6.42 Å². The normalized spacial score (nSPS) is 15.0. The Labute approximate surface area is 219 Å². The van der Waals surface area contributed by atoms with Crippen LogP contribution in [0, 0.1) is 0 Å². The second kappa shape index (κ2) is 8.35. The molecule has 0 saturated carbocycles. The van der Waals surface area contributed by atoms with Crippen molar-refractivity contribution in [2.24, 2.45) is 0 Å². The van der Waals surface area contributed by atoms with Crippen LogP contribution < -0.4 is 4.90 Å². The smallest absolute Gasteiger partial charge is 0.0497 e. The molecule has 0 bridgehead atoms. The zero-order valence-electron chi connectivity index (χ0n) is 21.3. The number of hydrogen-bond donors (Lipinski definition) is 0. The highest BCUT2D eigenvalue weighted by Crippen LogP contribution is 2.49. The molecule has 0 atom stereocenters. The predicted molar refractivity (Wildman–Crippen MR) is 156 cm³/mol. The van der Waals surface area contributed by atoms with Gasteiger partial charge >= 0.3 is 0 Å². The zero-order chi connectivity index (χ0) is 25.0. The second-order valence-electron chi connectivity index (χ2n) is 10.6. The summed E-state index contributed by atoms with van der Waals surface area (Å²) in [4.78, 5) is 2.39. The van der Waals surface area contributed by atoms with E-state index in [0.29, 0.717) is 0 Å². The highest BCUT2D eigenvalue weighted by Gasteiger charge is 2.35. The molecule has 0 aromatic heterocycles. The van der Waals surface area contributed by atoms with Gasteiger partial charge in [-0.2, -0.15) is 0 Å². The highest BCUT2D eigenvalue weighted by molar-refractivity contribution is 5.91. The number of fused-ring (bicyclic) bond motifs is 4. The van der Waals surface area contributed by atoms with Gasteiger partial charge < -0.3 is 4.90 Å². The van der Waals surface area contributed by atoms with Crippen molar-refractivity contribution in [2.75, 3.05) is 4.90 Å². The number of benzene rings is 5. The molecule has 1 aliphatic carbocycles. The van der Waals surface area contributed by atoms with E-state index in [9.17, 15) is 0 Å². The second-order valence-corrected chi connectivity index (χ2v) is 10.6. The molecule has 37 heavy (non-hydrogen) atoms. The monoisotopic (exact) mass is 475 g/mol. The number of anilines is 2. The summed E-state index contributed by atoms with van der Waals surface area (Å²) in [6, 6.07) is 44.3. The van der Waals surface area contributed by atoms with Crippen molar-refractivity contribution in [3.05, 3.63) is 150 Å². The number of allylic oxidation sites excluding steroid dienone is 1. The van der Waals surface area contributed by atoms with Crippen molar-refractivity contribution in [1.82, 2.24) is 0 Å². The predicted octanol–water partition coefficient (Wildman–Crippen LogP) is 9.40. The minimum absolute atomic E-state index is 0.0123. The first-order valence-corrected chi connectivity index (χ1v) is 13.1. The van der Waals surface area contributed by atoms with Crippen LogP contribution >= 0.6 is 0 Å². The molecule has 0 saturated heterocycles. The van der Waals surface area contributed by atoms with E-state index in [1.807, 2.05) is 0 Å². The SMILES string of the molecule is CC1(C)c2ccccc2-c2ccc(-c3ccc(C4=CCc5ccccc5N4c4ccccc4)cc3)cc21. The van der Waals surface area contributed by atoms with Crippen LogP contribution in [0.4, 0.5) is 11.4 Å². The Hall–Kier alpha value is -4.36. The van der Waals surface area contributed by atoms with E-state index >= 15 is 0 Å². The Kier molecular flexibility index (Phi) is 4.94. The van der Waals surface area contributed by atoms with Crippen molar-refractivity contribution in [2.45, 2.75) is 25.7 Å². The maximum atomic E-state index is 2.40. The molecule has 2 aliphatic rings. The molecule has 1 nitrogen and oxygen atoms in total. The summed E-state index contributed by atoms with van der Waals surface area (Å²) in [6.45, 7) is 4.69. The summed E-state index contributed by atoms with van der Waals surface area (Å²) in [6.07, 6.45) is 3.30.